The van der Waals surface area contributed by atoms with Gasteiger partial charge in [0.05, 0.1) is 25.3 Å². The Morgan fingerprint density at radius 3 is 2.71 bits per heavy atom. The molecule has 0 amide bonds. The number of imidazole rings is 1. The van der Waals surface area contributed by atoms with Crippen molar-refractivity contribution >= 4 is 27.6 Å². The van der Waals surface area contributed by atoms with E-state index < -0.39 is 6.04 Å². The molecule has 0 aliphatic heterocycles. The van der Waals surface area contributed by atoms with Crippen molar-refractivity contribution in [1.29, 1.82) is 0 Å². The first-order valence-electron chi connectivity index (χ1n) is 6.65. The summed E-state index contributed by atoms with van der Waals surface area (Å²) in [4.78, 5) is 16.3. The molecule has 112 valence electrons. The van der Waals surface area contributed by atoms with Crippen molar-refractivity contribution in [2.75, 3.05) is 12.4 Å². The Morgan fingerprint density at radius 2 is 2.10 bits per heavy atom. The molecular formula is C15H18BrN3O2. The number of carbonyl (C=O) groups is 1. The lowest BCUT2D eigenvalue weighted by atomic mass is 10.2. The van der Waals surface area contributed by atoms with E-state index in [1.165, 1.54) is 7.11 Å². The highest BCUT2D eigenvalue weighted by Crippen LogP contribution is 2.28. The number of carbonyl (C=O) groups excluding carboxylic acids is 1. The third-order valence-corrected chi connectivity index (χ3v) is 3.85. The highest BCUT2D eigenvalue weighted by molar-refractivity contribution is 9.10. The van der Waals surface area contributed by atoms with E-state index >= 15 is 0 Å². The molecule has 1 heterocycles. The maximum atomic E-state index is 12.2. The number of methoxy groups -OCH3 is 1. The standard InChI is InChI=1S/C15H18BrN3O2/c1-10(2)19-9-17-8-13(19)14(15(20)21-3)18-12-7-5-4-6-11(12)16/h4-10,14,18H,1-3H3. The second-order valence-corrected chi connectivity index (χ2v) is 5.75. The second kappa shape index (κ2) is 6.76. The van der Waals surface area contributed by atoms with Crippen LogP contribution in [0.25, 0.3) is 0 Å². The Hall–Kier alpha value is -1.82. The quantitative estimate of drug-likeness (QED) is 0.836. The maximum absolute atomic E-state index is 12.2. The molecule has 5 nitrogen and oxygen atoms in total. The van der Waals surface area contributed by atoms with Gasteiger partial charge in [0.15, 0.2) is 6.04 Å². The largest absolute Gasteiger partial charge is 0.467 e. The van der Waals surface area contributed by atoms with Crippen LogP contribution in [0.15, 0.2) is 41.3 Å². The van der Waals surface area contributed by atoms with Crippen LogP contribution in [-0.2, 0) is 9.53 Å². The number of aromatic nitrogens is 2. The lowest BCUT2D eigenvalue weighted by molar-refractivity contribution is -0.141. The van der Waals surface area contributed by atoms with Crippen LogP contribution in [0.1, 0.15) is 31.6 Å². The van der Waals surface area contributed by atoms with Crippen LogP contribution in [0, 0.1) is 0 Å². The first-order valence-corrected chi connectivity index (χ1v) is 7.44. The van der Waals surface area contributed by atoms with Gasteiger partial charge in [0.2, 0.25) is 0 Å². The van der Waals surface area contributed by atoms with Crippen LogP contribution < -0.4 is 5.32 Å². The summed E-state index contributed by atoms with van der Waals surface area (Å²) in [6, 6.07) is 7.23. The van der Waals surface area contributed by atoms with Crippen molar-refractivity contribution in [1.82, 2.24) is 9.55 Å². The van der Waals surface area contributed by atoms with Gasteiger partial charge in [-0.05, 0) is 41.9 Å². The Kier molecular flexibility index (Phi) is 5.01. The predicted octanol–water partition coefficient (Wildman–Crippen LogP) is 3.55. The van der Waals surface area contributed by atoms with Crippen molar-refractivity contribution < 1.29 is 9.53 Å². The van der Waals surface area contributed by atoms with Gasteiger partial charge in [-0.15, -0.1) is 0 Å². The molecule has 0 fully saturated rings. The van der Waals surface area contributed by atoms with E-state index in [-0.39, 0.29) is 12.0 Å². The van der Waals surface area contributed by atoms with Crippen molar-refractivity contribution in [3.8, 4) is 0 Å². The van der Waals surface area contributed by atoms with E-state index in [1.54, 1.807) is 12.5 Å². The van der Waals surface area contributed by atoms with E-state index in [0.29, 0.717) is 0 Å². The van der Waals surface area contributed by atoms with Crippen molar-refractivity contribution in [2.45, 2.75) is 25.9 Å². The minimum Gasteiger partial charge on any atom is -0.467 e. The summed E-state index contributed by atoms with van der Waals surface area (Å²) >= 11 is 3.47. The Morgan fingerprint density at radius 1 is 1.38 bits per heavy atom. The molecule has 21 heavy (non-hydrogen) atoms. The molecule has 1 aromatic heterocycles. The number of halogens is 1. The van der Waals surface area contributed by atoms with E-state index in [4.69, 9.17) is 4.74 Å². The fourth-order valence-electron chi connectivity index (χ4n) is 2.08. The van der Waals surface area contributed by atoms with E-state index in [0.717, 1.165) is 15.9 Å². The monoisotopic (exact) mass is 351 g/mol. The number of para-hydroxylation sites is 1. The predicted molar refractivity (Wildman–Crippen MR) is 85.1 cm³/mol. The second-order valence-electron chi connectivity index (χ2n) is 4.90. The fraction of sp³-hybridized carbons (Fsp3) is 0.333. The number of nitrogens with one attached hydrogen (secondary N) is 1. The molecule has 2 rings (SSSR count). The van der Waals surface area contributed by atoms with Crippen LogP contribution in [0.2, 0.25) is 0 Å². The van der Waals surface area contributed by atoms with Gasteiger partial charge in [-0.25, -0.2) is 9.78 Å². The molecule has 0 spiro atoms. The third kappa shape index (κ3) is 3.44. The topological polar surface area (TPSA) is 56.1 Å². The summed E-state index contributed by atoms with van der Waals surface area (Å²) in [6.45, 7) is 4.08. The molecule has 1 N–H and O–H groups in total. The van der Waals surface area contributed by atoms with E-state index in [1.807, 2.05) is 42.7 Å². The van der Waals surface area contributed by atoms with Gasteiger partial charge >= 0.3 is 5.97 Å². The summed E-state index contributed by atoms with van der Waals surface area (Å²) < 4.78 is 7.76. The average molecular weight is 352 g/mol. The van der Waals surface area contributed by atoms with Gasteiger partial charge in [-0.2, -0.15) is 0 Å². The van der Waals surface area contributed by atoms with Crippen LogP contribution in [0.5, 0.6) is 0 Å². The molecule has 0 saturated heterocycles. The zero-order valence-corrected chi connectivity index (χ0v) is 13.8. The summed E-state index contributed by atoms with van der Waals surface area (Å²) in [5.74, 6) is -0.354. The van der Waals surface area contributed by atoms with Crippen LogP contribution in [0.3, 0.4) is 0 Å². The molecule has 0 aliphatic carbocycles. The van der Waals surface area contributed by atoms with Crippen molar-refractivity contribution in [3.63, 3.8) is 0 Å². The highest BCUT2D eigenvalue weighted by Gasteiger charge is 2.26. The maximum Gasteiger partial charge on any atom is 0.334 e. The van der Waals surface area contributed by atoms with Gasteiger partial charge in [0.1, 0.15) is 0 Å². The first-order chi connectivity index (χ1) is 10.0. The molecule has 1 aromatic carbocycles. The Balaban J connectivity index is 2.38. The summed E-state index contributed by atoms with van der Waals surface area (Å²) in [5.41, 5.74) is 1.59. The van der Waals surface area contributed by atoms with Crippen LogP contribution in [-0.4, -0.2) is 22.6 Å². The smallest absolute Gasteiger partial charge is 0.334 e. The number of ether oxygens (including phenoxy) is 1. The molecule has 0 radical (unpaired) electrons. The van der Waals surface area contributed by atoms with Crippen molar-refractivity contribution in [3.05, 3.63) is 47.0 Å². The number of hydrogen-bond donors (Lipinski definition) is 1. The first kappa shape index (κ1) is 15.6. The number of nitrogens with zero attached hydrogens (tertiary/aromatic N) is 2. The van der Waals surface area contributed by atoms with Gasteiger partial charge in [0, 0.05) is 16.2 Å². The number of esters is 1. The number of rotatable bonds is 5. The lowest BCUT2D eigenvalue weighted by Gasteiger charge is -2.21. The third-order valence-electron chi connectivity index (χ3n) is 3.16. The zero-order valence-electron chi connectivity index (χ0n) is 12.2. The van der Waals surface area contributed by atoms with Crippen molar-refractivity contribution in [2.24, 2.45) is 0 Å². The Bertz CT molecular complexity index is 625. The minimum atomic E-state index is -0.612. The summed E-state index contributed by atoms with van der Waals surface area (Å²) in [7, 11) is 1.38. The number of benzene rings is 1. The molecule has 1 unspecified atom stereocenters. The average Bonchev–Trinajstić information content (AvgIpc) is 2.95. The lowest BCUT2D eigenvalue weighted by Crippen LogP contribution is -2.25. The van der Waals surface area contributed by atoms with E-state index in [2.05, 4.69) is 26.2 Å². The molecule has 0 bridgehead atoms. The molecule has 2 aromatic rings. The molecular weight excluding hydrogens is 334 g/mol. The zero-order chi connectivity index (χ0) is 15.4. The molecule has 0 saturated carbocycles. The molecule has 1 atom stereocenters. The summed E-state index contributed by atoms with van der Waals surface area (Å²) in [5, 5.41) is 3.21. The molecule has 0 aliphatic rings. The van der Waals surface area contributed by atoms with Crippen LogP contribution >= 0.6 is 15.9 Å². The van der Waals surface area contributed by atoms with Crippen LogP contribution in [0.4, 0.5) is 5.69 Å². The van der Waals surface area contributed by atoms with Gasteiger partial charge < -0.3 is 14.6 Å². The highest BCUT2D eigenvalue weighted by atomic mass is 79.9. The summed E-state index contributed by atoms with van der Waals surface area (Å²) in [6.07, 6.45) is 3.41. The Labute approximate surface area is 132 Å². The van der Waals surface area contributed by atoms with Gasteiger partial charge in [0.25, 0.3) is 0 Å². The normalized spacial score (nSPS) is 12.2. The fourth-order valence-corrected chi connectivity index (χ4v) is 2.47. The number of anilines is 1. The van der Waals surface area contributed by atoms with Gasteiger partial charge in [-0.1, -0.05) is 12.1 Å². The molecule has 6 heteroatoms. The van der Waals surface area contributed by atoms with Gasteiger partial charge in [-0.3, -0.25) is 0 Å². The van der Waals surface area contributed by atoms with E-state index in [9.17, 15) is 4.79 Å². The minimum absolute atomic E-state index is 0.204. The SMILES string of the molecule is COC(=O)C(Nc1ccccc1Br)c1cncn1C(C)C. The number of hydrogen-bond acceptors (Lipinski definition) is 4.